The summed E-state index contributed by atoms with van der Waals surface area (Å²) in [4.78, 5) is 23.6. The van der Waals surface area contributed by atoms with E-state index >= 15 is 0 Å². The Hall–Kier alpha value is -3.48. The number of anilines is 1. The van der Waals surface area contributed by atoms with E-state index in [1.54, 1.807) is 17.0 Å². The number of aromatic nitrogens is 4. The zero-order chi connectivity index (χ0) is 16.7. The number of carboxylic acids is 1. The molecular formula is C17H13N5O2. The predicted octanol–water partition coefficient (Wildman–Crippen LogP) is 2.31. The Kier molecular flexibility index (Phi) is 3.13. The van der Waals surface area contributed by atoms with E-state index in [-0.39, 0.29) is 6.54 Å². The number of hydrogen-bond donors (Lipinski definition) is 2. The minimum Gasteiger partial charge on any atom is -0.480 e. The highest BCUT2D eigenvalue weighted by atomic mass is 16.4. The normalized spacial score (nSPS) is 11.2. The van der Waals surface area contributed by atoms with Crippen LogP contribution in [0.2, 0.25) is 0 Å². The molecule has 0 fully saturated rings. The lowest BCUT2D eigenvalue weighted by Gasteiger charge is -2.04. The summed E-state index contributed by atoms with van der Waals surface area (Å²) in [5.41, 5.74) is 9.24. The van der Waals surface area contributed by atoms with Crippen LogP contribution in [0.5, 0.6) is 0 Å². The highest BCUT2D eigenvalue weighted by molar-refractivity contribution is 6.12. The minimum absolute atomic E-state index is 0.192. The van der Waals surface area contributed by atoms with Crippen LogP contribution in [-0.4, -0.2) is 30.6 Å². The number of pyridine rings is 1. The molecule has 3 aromatic heterocycles. The maximum absolute atomic E-state index is 11.2. The molecule has 0 unspecified atom stereocenters. The van der Waals surface area contributed by atoms with Crippen molar-refractivity contribution in [3.63, 3.8) is 0 Å². The van der Waals surface area contributed by atoms with Gasteiger partial charge in [0.1, 0.15) is 24.3 Å². The highest BCUT2D eigenvalue weighted by Gasteiger charge is 2.17. The fraction of sp³-hybridized carbons (Fsp3) is 0.0588. The van der Waals surface area contributed by atoms with Gasteiger partial charge in [0.15, 0.2) is 0 Å². The summed E-state index contributed by atoms with van der Waals surface area (Å²) in [6.45, 7) is -0.192. The summed E-state index contributed by atoms with van der Waals surface area (Å²) in [5.74, 6) is -0.611. The van der Waals surface area contributed by atoms with Crippen molar-refractivity contribution < 1.29 is 9.90 Å². The first-order valence-corrected chi connectivity index (χ1v) is 7.30. The van der Waals surface area contributed by atoms with E-state index in [4.69, 9.17) is 5.73 Å². The van der Waals surface area contributed by atoms with Gasteiger partial charge in [0.05, 0.1) is 10.9 Å². The maximum Gasteiger partial charge on any atom is 0.323 e. The molecule has 3 heterocycles. The second kappa shape index (κ2) is 5.31. The number of nitrogen functional groups attached to an aromatic ring is 1. The Labute approximate surface area is 136 Å². The average molecular weight is 319 g/mol. The van der Waals surface area contributed by atoms with Gasteiger partial charge >= 0.3 is 5.97 Å². The average Bonchev–Trinajstić information content (AvgIpc) is 2.90. The van der Waals surface area contributed by atoms with Crippen molar-refractivity contribution in [3.05, 3.63) is 49.1 Å². The Morgan fingerprint density at radius 3 is 2.83 bits per heavy atom. The molecule has 0 aliphatic heterocycles. The van der Waals surface area contributed by atoms with Gasteiger partial charge in [-0.05, 0) is 23.8 Å². The first-order valence-electron chi connectivity index (χ1n) is 7.30. The first-order chi connectivity index (χ1) is 11.6. The van der Waals surface area contributed by atoms with E-state index < -0.39 is 5.97 Å². The summed E-state index contributed by atoms with van der Waals surface area (Å²) in [6.07, 6.45) is 4.83. The third-order valence-electron chi connectivity index (χ3n) is 3.96. The Balaban J connectivity index is 2.06. The standard InChI is InChI=1S/C17H13N5O2/c18-16-15-12-6-10(11-2-1-5-19-7-11)3-4-13(12)22(8-14(23)24)17(15)21-9-20-16/h1-7,9H,8H2,(H,23,24)(H2,18,20,21). The molecule has 0 spiro atoms. The van der Waals surface area contributed by atoms with Crippen LogP contribution < -0.4 is 5.73 Å². The molecule has 3 N–H and O–H groups in total. The van der Waals surface area contributed by atoms with E-state index in [1.165, 1.54) is 6.33 Å². The molecular weight excluding hydrogens is 306 g/mol. The molecule has 4 aromatic rings. The molecule has 7 heteroatoms. The number of nitrogens with zero attached hydrogens (tertiary/aromatic N) is 4. The summed E-state index contributed by atoms with van der Waals surface area (Å²) >= 11 is 0. The minimum atomic E-state index is -0.942. The van der Waals surface area contributed by atoms with E-state index in [0.717, 1.165) is 22.0 Å². The number of rotatable bonds is 3. The van der Waals surface area contributed by atoms with Crippen LogP contribution in [0.4, 0.5) is 5.82 Å². The summed E-state index contributed by atoms with van der Waals surface area (Å²) in [6, 6.07) is 9.60. The fourth-order valence-electron chi connectivity index (χ4n) is 2.95. The van der Waals surface area contributed by atoms with Gasteiger partial charge in [0.2, 0.25) is 0 Å². The number of hydrogen-bond acceptors (Lipinski definition) is 5. The molecule has 0 amide bonds. The van der Waals surface area contributed by atoms with Crippen molar-refractivity contribution >= 4 is 33.7 Å². The van der Waals surface area contributed by atoms with E-state index in [1.807, 2.05) is 30.3 Å². The van der Waals surface area contributed by atoms with Crippen LogP contribution >= 0.6 is 0 Å². The van der Waals surface area contributed by atoms with Crippen molar-refractivity contribution in [1.29, 1.82) is 0 Å². The van der Waals surface area contributed by atoms with Gasteiger partial charge in [-0.25, -0.2) is 9.97 Å². The number of benzene rings is 1. The van der Waals surface area contributed by atoms with Gasteiger partial charge in [-0.2, -0.15) is 0 Å². The number of carbonyl (C=O) groups is 1. The number of nitrogens with two attached hydrogens (primary N) is 1. The van der Waals surface area contributed by atoms with Crippen LogP contribution in [0.3, 0.4) is 0 Å². The molecule has 1 aromatic carbocycles. The van der Waals surface area contributed by atoms with Crippen molar-refractivity contribution in [2.45, 2.75) is 6.54 Å². The van der Waals surface area contributed by atoms with E-state index in [0.29, 0.717) is 16.9 Å². The smallest absolute Gasteiger partial charge is 0.323 e. The molecule has 4 rings (SSSR count). The summed E-state index contributed by atoms with van der Waals surface area (Å²) in [5, 5.41) is 10.7. The second-order valence-electron chi connectivity index (χ2n) is 5.41. The van der Waals surface area contributed by atoms with Crippen LogP contribution in [0, 0.1) is 0 Å². The topological polar surface area (TPSA) is 107 Å². The van der Waals surface area contributed by atoms with Gasteiger partial charge < -0.3 is 15.4 Å². The lowest BCUT2D eigenvalue weighted by atomic mass is 10.0. The molecule has 0 aliphatic carbocycles. The largest absolute Gasteiger partial charge is 0.480 e. The molecule has 0 saturated heterocycles. The Morgan fingerprint density at radius 1 is 1.21 bits per heavy atom. The number of fused-ring (bicyclic) bond motifs is 3. The SMILES string of the molecule is Nc1ncnc2c1c1cc(-c3cccnc3)ccc1n2CC(=O)O. The van der Waals surface area contributed by atoms with Crippen LogP contribution in [0.25, 0.3) is 33.1 Å². The van der Waals surface area contributed by atoms with Crippen molar-refractivity contribution in [1.82, 2.24) is 19.5 Å². The zero-order valence-corrected chi connectivity index (χ0v) is 12.5. The second-order valence-corrected chi connectivity index (χ2v) is 5.41. The van der Waals surface area contributed by atoms with Gasteiger partial charge in [-0.15, -0.1) is 0 Å². The lowest BCUT2D eigenvalue weighted by Crippen LogP contribution is -2.09. The molecule has 7 nitrogen and oxygen atoms in total. The van der Waals surface area contributed by atoms with Crippen LogP contribution in [0.15, 0.2) is 49.1 Å². The van der Waals surface area contributed by atoms with Crippen LogP contribution in [-0.2, 0) is 11.3 Å². The van der Waals surface area contributed by atoms with Gasteiger partial charge in [0, 0.05) is 23.3 Å². The van der Waals surface area contributed by atoms with Gasteiger partial charge in [0.25, 0.3) is 0 Å². The highest BCUT2D eigenvalue weighted by Crippen LogP contribution is 2.33. The molecule has 0 bridgehead atoms. The third-order valence-corrected chi connectivity index (χ3v) is 3.96. The summed E-state index contributed by atoms with van der Waals surface area (Å²) in [7, 11) is 0. The van der Waals surface area contributed by atoms with Crippen molar-refractivity contribution in [2.75, 3.05) is 5.73 Å². The number of carboxylic acid groups (broad SMARTS) is 1. The maximum atomic E-state index is 11.2. The van der Waals surface area contributed by atoms with Crippen molar-refractivity contribution in [3.8, 4) is 11.1 Å². The third kappa shape index (κ3) is 2.14. The van der Waals surface area contributed by atoms with Gasteiger partial charge in [-0.1, -0.05) is 12.1 Å². The molecule has 118 valence electrons. The van der Waals surface area contributed by atoms with Gasteiger partial charge in [-0.3, -0.25) is 9.78 Å². The summed E-state index contributed by atoms with van der Waals surface area (Å²) < 4.78 is 1.64. The van der Waals surface area contributed by atoms with E-state index in [2.05, 4.69) is 15.0 Å². The Morgan fingerprint density at radius 2 is 2.08 bits per heavy atom. The van der Waals surface area contributed by atoms with Crippen molar-refractivity contribution in [2.24, 2.45) is 0 Å². The van der Waals surface area contributed by atoms with Crippen LogP contribution in [0.1, 0.15) is 0 Å². The van der Waals surface area contributed by atoms with E-state index in [9.17, 15) is 9.90 Å². The Bertz CT molecular complexity index is 1070. The molecule has 0 aliphatic rings. The molecule has 0 atom stereocenters. The molecule has 24 heavy (non-hydrogen) atoms. The molecule has 0 saturated carbocycles. The fourth-order valence-corrected chi connectivity index (χ4v) is 2.95. The lowest BCUT2D eigenvalue weighted by molar-refractivity contribution is -0.137. The molecule has 0 radical (unpaired) electrons. The predicted molar refractivity (Wildman–Crippen MR) is 90.3 cm³/mol. The number of aliphatic carboxylic acids is 1. The zero-order valence-electron chi connectivity index (χ0n) is 12.5. The monoisotopic (exact) mass is 319 g/mol. The quantitative estimate of drug-likeness (QED) is 0.600. The first kappa shape index (κ1) is 14.1.